The minimum atomic E-state index is -0.567. The highest BCUT2D eigenvalue weighted by molar-refractivity contribution is 9.10. The van der Waals surface area contributed by atoms with Gasteiger partial charge in [-0.05, 0) is 31.5 Å². The summed E-state index contributed by atoms with van der Waals surface area (Å²) in [7, 11) is 1.32. The van der Waals surface area contributed by atoms with Gasteiger partial charge in [-0.3, -0.25) is 9.59 Å². The zero-order valence-electron chi connectivity index (χ0n) is 12.4. The molecule has 0 bridgehead atoms. The fourth-order valence-corrected chi connectivity index (χ4v) is 2.26. The van der Waals surface area contributed by atoms with Crippen LogP contribution in [0.3, 0.4) is 0 Å². The standard InChI is InChI=1S/C15H20BrNO4/c1-4-21-10(2)15(19)17-13(9-14(18)20-3)11-6-5-7-12(16)8-11/h5-8,10,13H,4,9H2,1-3H3,(H,17,19). The number of amides is 1. The fraction of sp³-hybridized carbons (Fsp3) is 0.467. The quantitative estimate of drug-likeness (QED) is 0.761. The Morgan fingerprint density at radius 3 is 2.67 bits per heavy atom. The Kier molecular flexibility index (Phi) is 7.39. The van der Waals surface area contributed by atoms with Gasteiger partial charge in [-0.2, -0.15) is 0 Å². The summed E-state index contributed by atoms with van der Waals surface area (Å²) < 4.78 is 10.8. The second-order valence-corrected chi connectivity index (χ2v) is 5.41. The molecular weight excluding hydrogens is 338 g/mol. The van der Waals surface area contributed by atoms with E-state index in [1.165, 1.54) is 7.11 Å². The van der Waals surface area contributed by atoms with E-state index in [9.17, 15) is 9.59 Å². The number of carbonyl (C=O) groups is 2. The molecule has 0 aliphatic carbocycles. The molecule has 0 aliphatic heterocycles. The lowest BCUT2D eigenvalue weighted by atomic mass is 10.0. The second kappa shape index (κ2) is 8.79. The van der Waals surface area contributed by atoms with Crippen molar-refractivity contribution in [2.24, 2.45) is 0 Å². The van der Waals surface area contributed by atoms with E-state index in [0.717, 1.165) is 10.0 Å². The van der Waals surface area contributed by atoms with Crippen LogP contribution in [0.5, 0.6) is 0 Å². The van der Waals surface area contributed by atoms with E-state index in [4.69, 9.17) is 4.74 Å². The first-order chi connectivity index (χ1) is 9.97. The zero-order valence-corrected chi connectivity index (χ0v) is 14.0. The number of carbonyl (C=O) groups excluding carboxylic acids is 2. The van der Waals surface area contributed by atoms with Crippen molar-refractivity contribution in [3.8, 4) is 0 Å². The van der Waals surface area contributed by atoms with Gasteiger partial charge in [-0.25, -0.2) is 0 Å². The molecule has 5 nitrogen and oxygen atoms in total. The van der Waals surface area contributed by atoms with E-state index in [-0.39, 0.29) is 18.3 Å². The van der Waals surface area contributed by atoms with Crippen molar-refractivity contribution >= 4 is 27.8 Å². The van der Waals surface area contributed by atoms with E-state index < -0.39 is 12.1 Å². The maximum atomic E-state index is 12.1. The van der Waals surface area contributed by atoms with Crippen LogP contribution in [-0.2, 0) is 19.1 Å². The number of halogens is 1. The van der Waals surface area contributed by atoms with Crippen LogP contribution in [0.15, 0.2) is 28.7 Å². The molecule has 1 amide bonds. The Morgan fingerprint density at radius 1 is 1.38 bits per heavy atom. The molecule has 0 fully saturated rings. The predicted octanol–water partition coefficient (Wildman–Crippen LogP) is 2.59. The average molecular weight is 358 g/mol. The molecule has 116 valence electrons. The molecule has 0 spiro atoms. The smallest absolute Gasteiger partial charge is 0.307 e. The molecule has 0 saturated heterocycles. The van der Waals surface area contributed by atoms with Gasteiger partial charge in [0.25, 0.3) is 0 Å². The van der Waals surface area contributed by atoms with Crippen LogP contribution in [0.2, 0.25) is 0 Å². The first-order valence-corrected chi connectivity index (χ1v) is 7.51. The van der Waals surface area contributed by atoms with Crippen molar-refractivity contribution in [1.82, 2.24) is 5.32 Å². The minimum absolute atomic E-state index is 0.0670. The summed E-state index contributed by atoms with van der Waals surface area (Å²) in [6, 6.07) is 6.99. The molecular formula is C15H20BrNO4. The maximum Gasteiger partial charge on any atom is 0.307 e. The summed E-state index contributed by atoms with van der Waals surface area (Å²) in [6.45, 7) is 3.95. The summed E-state index contributed by atoms with van der Waals surface area (Å²) >= 11 is 3.38. The number of ether oxygens (including phenoxy) is 2. The van der Waals surface area contributed by atoms with Gasteiger partial charge in [0.2, 0.25) is 5.91 Å². The molecule has 0 aromatic heterocycles. The summed E-state index contributed by atoms with van der Waals surface area (Å²) in [5.41, 5.74) is 0.826. The molecule has 0 aliphatic rings. The van der Waals surface area contributed by atoms with Crippen molar-refractivity contribution in [2.45, 2.75) is 32.4 Å². The molecule has 2 unspecified atom stereocenters. The van der Waals surface area contributed by atoms with Gasteiger partial charge < -0.3 is 14.8 Å². The van der Waals surface area contributed by atoms with Crippen LogP contribution in [0.4, 0.5) is 0 Å². The van der Waals surface area contributed by atoms with Gasteiger partial charge >= 0.3 is 5.97 Å². The molecule has 21 heavy (non-hydrogen) atoms. The number of nitrogens with one attached hydrogen (secondary N) is 1. The zero-order chi connectivity index (χ0) is 15.8. The Hall–Kier alpha value is -1.40. The summed E-state index contributed by atoms with van der Waals surface area (Å²) in [5, 5.41) is 2.82. The number of benzene rings is 1. The van der Waals surface area contributed by atoms with E-state index >= 15 is 0 Å². The van der Waals surface area contributed by atoms with Crippen LogP contribution in [-0.4, -0.2) is 31.7 Å². The highest BCUT2D eigenvalue weighted by atomic mass is 79.9. The molecule has 1 aromatic carbocycles. The van der Waals surface area contributed by atoms with Crippen LogP contribution in [0.25, 0.3) is 0 Å². The molecule has 2 atom stereocenters. The van der Waals surface area contributed by atoms with E-state index in [0.29, 0.717) is 6.61 Å². The second-order valence-electron chi connectivity index (χ2n) is 4.49. The topological polar surface area (TPSA) is 64.6 Å². The molecule has 1 N–H and O–H groups in total. The largest absolute Gasteiger partial charge is 0.469 e. The van der Waals surface area contributed by atoms with Crippen LogP contribution >= 0.6 is 15.9 Å². The average Bonchev–Trinajstić information content (AvgIpc) is 2.46. The van der Waals surface area contributed by atoms with Crippen LogP contribution in [0, 0.1) is 0 Å². The number of methoxy groups -OCH3 is 1. The third-order valence-electron chi connectivity index (χ3n) is 2.95. The highest BCUT2D eigenvalue weighted by Gasteiger charge is 2.22. The van der Waals surface area contributed by atoms with Gasteiger partial charge in [0.1, 0.15) is 6.10 Å². The molecule has 0 heterocycles. The number of rotatable bonds is 7. The number of hydrogen-bond donors (Lipinski definition) is 1. The van der Waals surface area contributed by atoms with Crippen molar-refractivity contribution in [3.63, 3.8) is 0 Å². The Labute approximate surface area is 133 Å². The fourth-order valence-electron chi connectivity index (χ4n) is 1.84. The van der Waals surface area contributed by atoms with Crippen LogP contribution in [0.1, 0.15) is 31.9 Å². The Balaban J connectivity index is 2.87. The van der Waals surface area contributed by atoms with Gasteiger partial charge in [-0.15, -0.1) is 0 Å². The third-order valence-corrected chi connectivity index (χ3v) is 3.45. The molecule has 0 radical (unpaired) electrons. The summed E-state index contributed by atoms with van der Waals surface area (Å²) in [6.07, 6.45) is -0.500. The van der Waals surface area contributed by atoms with E-state index in [1.807, 2.05) is 31.2 Å². The van der Waals surface area contributed by atoms with Gasteiger partial charge in [0, 0.05) is 11.1 Å². The minimum Gasteiger partial charge on any atom is -0.469 e. The van der Waals surface area contributed by atoms with E-state index in [1.54, 1.807) is 6.92 Å². The Bertz CT molecular complexity index is 492. The van der Waals surface area contributed by atoms with Crippen molar-refractivity contribution in [2.75, 3.05) is 13.7 Å². The molecule has 1 aromatic rings. The lowest BCUT2D eigenvalue weighted by Gasteiger charge is -2.21. The van der Waals surface area contributed by atoms with Crippen LogP contribution < -0.4 is 5.32 Å². The first-order valence-electron chi connectivity index (χ1n) is 6.72. The lowest BCUT2D eigenvalue weighted by molar-refractivity contribution is -0.141. The lowest BCUT2D eigenvalue weighted by Crippen LogP contribution is -2.38. The van der Waals surface area contributed by atoms with Crippen molar-refractivity contribution < 1.29 is 19.1 Å². The van der Waals surface area contributed by atoms with Gasteiger partial charge in [-0.1, -0.05) is 28.1 Å². The third kappa shape index (κ3) is 5.85. The molecule has 0 saturated carbocycles. The molecule has 1 rings (SSSR count). The van der Waals surface area contributed by atoms with Gasteiger partial charge in [0.05, 0.1) is 19.6 Å². The highest BCUT2D eigenvalue weighted by Crippen LogP contribution is 2.21. The normalized spacial score (nSPS) is 13.3. The number of hydrogen-bond acceptors (Lipinski definition) is 4. The SMILES string of the molecule is CCOC(C)C(=O)NC(CC(=O)OC)c1cccc(Br)c1. The summed E-state index contributed by atoms with van der Waals surface area (Å²) in [4.78, 5) is 23.6. The Morgan fingerprint density at radius 2 is 2.10 bits per heavy atom. The first kappa shape index (κ1) is 17.7. The van der Waals surface area contributed by atoms with Crippen molar-refractivity contribution in [3.05, 3.63) is 34.3 Å². The van der Waals surface area contributed by atoms with E-state index in [2.05, 4.69) is 26.0 Å². The summed E-state index contributed by atoms with van der Waals surface area (Å²) in [5.74, 6) is -0.643. The number of esters is 1. The molecule has 6 heteroatoms. The van der Waals surface area contributed by atoms with Gasteiger partial charge in [0.15, 0.2) is 0 Å². The monoisotopic (exact) mass is 357 g/mol. The maximum absolute atomic E-state index is 12.1. The predicted molar refractivity (Wildman–Crippen MR) is 82.7 cm³/mol. The van der Waals surface area contributed by atoms with Crippen molar-refractivity contribution in [1.29, 1.82) is 0 Å².